The van der Waals surface area contributed by atoms with Crippen molar-refractivity contribution in [3.8, 4) is 0 Å². The number of hydrogen-bond acceptors (Lipinski definition) is 2. The van der Waals surface area contributed by atoms with E-state index >= 15 is 0 Å². The molecule has 1 saturated heterocycles. The maximum atomic E-state index is 6.30. The second-order valence-electron chi connectivity index (χ2n) is 5.54. The van der Waals surface area contributed by atoms with Gasteiger partial charge in [-0.15, -0.1) is 0 Å². The van der Waals surface area contributed by atoms with Crippen LogP contribution >= 0.6 is 0 Å². The topological polar surface area (TPSA) is 29.3 Å². The second-order valence-corrected chi connectivity index (χ2v) is 5.54. The van der Waals surface area contributed by atoms with Crippen LogP contribution in [0.2, 0.25) is 0 Å². The summed E-state index contributed by atoms with van der Waals surface area (Å²) in [5.74, 6) is 0. The van der Waals surface area contributed by atoms with Crippen molar-refractivity contribution in [1.29, 1.82) is 0 Å². The maximum Gasteiger partial charge on any atom is 0.0249 e. The lowest BCUT2D eigenvalue weighted by atomic mass is 9.94. The van der Waals surface area contributed by atoms with Crippen LogP contribution < -0.4 is 5.73 Å². The third kappa shape index (κ3) is 2.94. The highest BCUT2D eigenvalue weighted by Crippen LogP contribution is 2.32. The first-order chi connectivity index (χ1) is 7.03. The molecule has 2 heteroatoms. The van der Waals surface area contributed by atoms with Gasteiger partial charge in [-0.3, -0.25) is 4.90 Å². The summed E-state index contributed by atoms with van der Waals surface area (Å²) in [6.07, 6.45) is 6.20. The first kappa shape index (κ1) is 13.0. The average Bonchev–Trinajstić information content (AvgIpc) is 2.48. The highest BCUT2D eigenvalue weighted by Gasteiger charge is 2.37. The molecular weight excluding hydrogens is 184 g/mol. The minimum atomic E-state index is 0.359. The van der Waals surface area contributed by atoms with Gasteiger partial charge in [0, 0.05) is 17.6 Å². The Hall–Kier alpha value is -0.0800. The molecule has 2 atom stereocenters. The van der Waals surface area contributed by atoms with Gasteiger partial charge in [-0.05, 0) is 46.1 Å². The lowest BCUT2D eigenvalue weighted by molar-refractivity contribution is 0.0926. The van der Waals surface area contributed by atoms with Crippen molar-refractivity contribution in [1.82, 2.24) is 4.90 Å². The maximum absolute atomic E-state index is 6.30. The Morgan fingerprint density at radius 1 is 1.33 bits per heavy atom. The smallest absolute Gasteiger partial charge is 0.0249 e. The minimum Gasteiger partial charge on any atom is -0.326 e. The summed E-state index contributed by atoms with van der Waals surface area (Å²) in [5, 5.41) is 0. The molecule has 2 unspecified atom stereocenters. The molecule has 0 amide bonds. The summed E-state index contributed by atoms with van der Waals surface area (Å²) in [7, 11) is 0. The first-order valence-electron chi connectivity index (χ1n) is 6.55. The van der Waals surface area contributed by atoms with Gasteiger partial charge in [0.05, 0.1) is 0 Å². The van der Waals surface area contributed by atoms with E-state index in [1.54, 1.807) is 0 Å². The minimum absolute atomic E-state index is 0.359. The van der Waals surface area contributed by atoms with E-state index in [0.29, 0.717) is 17.6 Å². The molecule has 15 heavy (non-hydrogen) atoms. The average molecular weight is 212 g/mol. The summed E-state index contributed by atoms with van der Waals surface area (Å²) in [6.45, 7) is 10.5. The van der Waals surface area contributed by atoms with Crippen molar-refractivity contribution in [2.75, 3.05) is 6.54 Å². The molecule has 0 aromatic heterocycles. The van der Waals surface area contributed by atoms with E-state index in [-0.39, 0.29) is 0 Å². The Morgan fingerprint density at radius 3 is 2.40 bits per heavy atom. The van der Waals surface area contributed by atoms with E-state index in [1.807, 2.05) is 0 Å². The molecule has 1 aliphatic heterocycles. The fourth-order valence-electron chi connectivity index (χ4n) is 3.02. The van der Waals surface area contributed by atoms with E-state index in [9.17, 15) is 0 Å². The zero-order valence-corrected chi connectivity index (χ0v) is 10.9. The van der Waals surface area contributed by atoms with Crippen molar-refractivity contribution >= 4 is 0 Å². The van der Waals surface area contributed by atoms with Crippen molar-refractivity contribution in [2.24, 2.45) is 5.73 Å². The van der Waals surface area contributed by atoms with Gasteiger partial charge in [-0.2, -0.15) is 0 Å². The molecule has 1 rings (SSSR count). The van der Waals surface area contributed by atoms with Crippen molar-refractivity contribution in [3.63, 3.8) is 0 Å². The van der Waals surface area contributed by atoms with Crippen LogP contribution in [0.3, 0.4) is 0 Å². The van der Waals surface area contributed by atoms with Gasteiger partial charge in [0.15, 0.2) is 0 Å². The van der Waals surface area contributed by atoms with Gasteiger partial charge in [0.25, 0.3) is 0 Å². The molecule has 1 heterocycles. The molecule has 0 radical (unpaired) electrons. The highest BCUT2D eigenvalue weighted by molar-refractivity contribution is 4.94. The molecule has 0 aliphatic carbocycles. The zero-order chi connectivity index (χ0) is 11.5. The predicted octanol–water partition coefficient (Wildman–Crippen LogP) is 2.77. The van der Waals surface area contributed by atoms with Crippen LogP contribution in [0.5, 0.6) is 0 Å². The number of nitrogens with zero attached hydrogens (tertiary/aromatic N) is 1. The normalized spacial score (nSPS) is 25.4. The van der Waals surface area contributed by atoms with Crippen molar-refractivity contribution < 1.29 is 0 Å². The fourth-order valence-corrected chi connectivity index (χ4v) is 3.02. The molecule has 0 bridgehead atoms. The van der Waals surface area contributed by atoms with Gasteiger partial charge in [0.2, 0.25) is 0 Å². The molecule has 2 nitrogen and oxygen atoms in total. The second kappa shape index (κ2) is 5.31. The Balaban J connectivity index is 2.65. The van der Waals surface area contributed by atoms with E-state index in [1.165, 1.54) is 32.2 Å². The molecule has 0 saturated carbocycles. The van der Waals surface area contributed by atoms with Crippen LogP contribution in [0.15, 0.2) is 0 Å². The first-order valence-corrected chi connectivity index (χ1v) is 6.55. The molecule has 90 valence electrons. The van der Waals surface area contributed by atoms with Crippen LogP contribution in [0, 0.1) is 0 Å². The zero-order valence-electron chi connectivity index (χ0n) is 10.9. The Morgan fingerprint density at radius 2 is 2.00 bits per heavy atom. The van der Waals surface area contributed by atoms with Crippen LogP contribution in [0.4, 0.5) is 0 Å². The fraction of sp³-hybridized carbons (Fsp3) is 1.00. The highest BCUT2D eigenvalue weighted by atomic mass is 15.2. The third-order valence-electron chi connectivity index (χ3n) is 3.90. The standard InChI is InChI=1S/C13H28N2/c1-5-8-11(14)12(6-2)15-10-7-9-13(15,3)4/h11-12H,5-10,14H2,1-4H3. The lowest BCUT2D eigenvalue weighted by Gasteiger charge is -2.41. The lowest BCUT2D eigenvalue weighted by Crippen LogP contribution is -2.53. The van der Waals surface area contributed by atoms with Crippen molar-refractivity contribution in [3.05, 3.63) is 0 Å². The van der Waals surface area contributed by atoms with Crippen LogP contribution in [-0.4, -0.2) is 29.1 Å². The quantitative estimate of drug-likeness (QED) is 0.759. The van der Waals surface area contributed by atoms with Crippen LogP contribution in [0.1, 0.15) is 59.8 Å². The third-order valence-corrected chi connectivity index (χ3v) is 3.90. The number of nitrogens with two attached hydrogens (primary N) is 1. The summed E-state index contributed by atoms with van der Waals surface area (Å²) in [6, 6.07) is 0.944. The van der Waals surface area contributed by atoms with Crippen molar-refractivity contribution in [2.45, 2.75) is 77.4 Å². The number of hydrogen-bond donors (Lipinski definition) is 1. The predicted molar refractivity (Wildman–Crippen MR) is 67.0 cm³/mol. The SMILES string of the molecule is CCCC(N)C(CC)N1CCCC1(C)C. The van der Waals surface area contributed by atoms with E-state index in [0.717, 1.165) is 6.42 Å². The van der Waals surface area contributed by atoms with Crippen LogP contribution in [0.25, 0.3) is 0 Å². The van der Waals surface area contributed by atoms with E-state index in [4.69, 9.17) is 5.73 Å². The summed E-state index contributed by atoms with van der Waals surface area (Å²) in [5.41, 5.74) is 6.67. The molecule has 0 aromatic carbocycles. The molecule has 1 fully saturated rings. The van der Waals surface area contributed by atoms with Gasteiger partial charge in [0.1, 0.15) is 0 Å². The van der Waals surface area contributed by atoms with Crippen LogP contribution in [-0.2, 0) is 0 Å². The van der Waals surface area contributed by atoms with Gasteiger partial charge >= 0.3 is 0 Å². The Bertz CT molecular complexity index is 189. The van der Waals surface area contributed by atoms with E-state index < -0.39 is 0 Å². The number of rotatable bonds is 5. The summed E-state index contributed by atoms with van der Waals surface area (Å²) in [4.78, 5) is 2.65. The molecular formula is C13H28N2. The van der Waals surface area contributed by atoms with E-state index in [2.05, 4.69) is 32.6 Å². The Labute approximate surface area is 95.2 Å². The molecule has 2 N–H and O–H groups in total. The monoisotopic (exact) mass is 212 g/mol. The largest absolute Gasteiger partial charge is 0.326 e. The molecule has 0 aromatic rings. The van der Waals surface area contributed by atoms with Gasteiger partial charge in [-0.1, -0.05) is 20.3 Å². The Kier molecular flexibility index (Phi) is 4.60. The molecule has 0 spiro atoms. The van der Waals surface area contributed by atoms with Gasteiger partial charge in [-0.25, -0.2) is 0 Å². The summed E-state index contributed by atoms with van der Waals surface area (Å²) >= 11 is 0. The van der Waals surface area contributed by atoms with Gasteiger partial charge < -0.3 is 5.73 Å². The summed E-state index contributed by atoms with van der Waals surface area (Å²) < 4.78 is 0. The molecule has 1 aliphatic rings. The number of likely N-dealkylation sites (tertiary alicyclic amines) is 1.